The second-order valence-electron chi connectivity index (χ2n) is 6.29. The highest BCUT2D eigenvalue weighted by atomic mass is 19.4. The van der Waals surface area contributed by atoms with E-state index in [1.807, 2.05) is 0 Å². The fraction of sp³-hybridized carbons (Fsp3) is 0.211. The van der Waals surface area contributed by atoms with Crippen molar-refractivity contribution in [1.29, 1.82) is 0 Å². The Hall–Kier alpha value is -3.56. The van der Waals surface area contributed by atoms with Gasteiger partial charge in [-0.1, -0.05) is 5.16 Å². The van der Waals surface area contributed by atoms with Crippen LogP contribution in [0.4, 0.5) is 13.2 Å². The van der Waals surface area contributed by atoms with Crippen LogP contribution in [-0.4, -0.2) is 22.8 Å². The molecular weight excluding hydrogens is 391 g/mol. The predicted molar refractivity (Wildman–Crippen MR) is 93.2 cm³/mol. The van der Waals surface area contributed by atoms with Crippen LogP contribution in [0.5, 0.6) is 11.5 Å². The van der Waals surface area contributed by atoms with E-state index < -0.39 is 23.7 Å². The van der Waals surface area contributed by atoms with Crippen molar-refractivity contribution in [2.24, 2.45) is 0 Å². The molecule has 1 aliphatic rings. The lowest BCUT2D eigenvalue weighted by molar-refractivity contribution is -0.137. The molecule has 0 saturated carbocycles. The van der Waals surface area contributed by atoms with Gasteiger partial charge >= 0.3 is 6.18 Å². The SMILES string of the molecule is C[C@@H](NC(=O)c1ccc(C(F)(F)F)cc1)c1nc(-c2ccc3c(c2)OCO3)no1. The molecular formula is C19H14F3N3O4. The minimum atomic E-state index is -4.46. The number of benzene rings is 2. The molecule has 29 heavy (non-hydrogen) atoms. The monoisotopic (exact) mass is 405 g/mol. The molecule has 1 atom stereocenters. The highest BCUT2D eigenvalue weighted by Gasteiger charge is 2.30. The molecule has 3 aromatic rings. The standard InChI is InChI=1S/C19H14F3N3O4/c1-10(23-17(26)11-2-5-13(6-3-11)19(20,21)22)18-24-16(25-29-18)12-4-7-14-15(8-12)28-9-27-14/h2-8,10H,9H2,1H3,(H,23,26)/t10-/m1/s1. The Morgan fingerprint density at radius 1 is 1.10 bits per heavy atom. The topological polar surface area (TPSA) is 86.5 Å². The van der Waals surface area contributed by atoms with Crippen molar-refractivity contribution in [3.63, 3.8) is 0 Å². The molecule has 0 radical (unpaired) electrons. The number of hydrogen-bond acceptors (Lipinski definition) is 6. The van der Waals surface area contributed by atoms with E-state index in [2.05, 4.69) is 15.5 Å². The molecule has 0 unspecified atom stereocenters. The van der Waals surface area contributed by atoms with Crippen LogP contribution in [0.2, 0.25) is 0 Å². The summed E-state index contributed by atoms with van der Waals surface area (Å²) in [5, 5.41) is 6.51. The van der Waals surface area contributed by atoms with Crippen molar-refractivity contribution in [2.45, 2.75) is 19.1 Å². The van der Waals surface area contributed by atoms with Crippen molar-refractivity contribution >= 4 is 5.91 Å². The van der Waals surface area contributed by atoms with E-state index >= 15 is 0 Å². The van der Waals surface area contributed by atoms with Crippen LogP contribution >= 0.6 is 0 Å². The number of ether oxygens (including phenoxy) is 2. The van der Waals surface area contributed by atoms with E-state index in [1.54, 1.807) is 25.1 Å². The molecule has 150 valence electrons. The number of amides is 1. The molecule has 1 N–H and O–H groups in total. The third kappa shape index (κ3) is 3.86. The lowest BCUT2D eigenvalue weighted by Crippen LogP contribution is -2.26. The summed E-state index contributed by atoms with van der Waals surface area (Å²) in [5.74, 6) is 1.08. The van der Waals surface area contributed by atoms with E-state index in [9.17, 15) is 18.0 Å². The zero-order valence-corrected chi connectivity index (χ0v) is 15.0. The fourth-order valence-corrected chi connectivity index (χ4v) is 2.72. The number of halogens is 3. The molecule has 4 rings (SSSR count). The zero-order valence-electron chi connectivity index (χ0n) is 15.0. The van der Waals surface area contributed by atoms with Gasteiger partial charge in [-0.15, -0.1) is 0 Å². The number of hydrogen-bond donors (Lipinski definition) is 1. The summed E-state index contributed by atoms with van der Waals surface area (Å²) in [6.07, 6.45) is -4.46. The van der Waals surface area contributed by atoms with Gasteiger partial charge in [-0.25, -0.2) is 0 Å². The Morgan fingerprint density at radius 2 is 1.83 bits per heavy atom. The number of rotatable bonds is 4. The summed E-state index contributed by atoms with van der Waals surface area (Å²) >= 11 is 0. The zero-order chi connectivity index (χ0) is 20.6. The van der Waals surface area contributed by atoms with Crippen LogP contribution in [-0.2, 0) is 6.18 Å². The summed E-state index contributed by atoms with van der Waals surface area (Å²) < 4.78 is 53.6. The fourth-order valence-electron chi connectivity index (χ4n) is 2.72. The number of carbonyl (C=O) groups excluding carboxylic acids is 1. The quantitative estimate of drug-likeness (QED) is 0.707. The van der Waals surface area contributed by atoms with Gasteiger partial charge in [-0.3, -0.25) is 4.79 Å². The van der Waals surface area contributed by atoms with Gasteiger partial charge in [-0.05, 0) is 49.4 Å². The van der Waals surface area contributed by atoms with E-state index in [0.717, 1.165) is 24.3 Å². The van der Waals surface area contributed by atoms with Gasteiger partial charge in [0.1, 0.15) is 6.04 Å². The molecule has 0 fully saturated rings. The Labute approximate surface area is 162 Å². The summed E-state index contributed by atoms with van der Waals surface area (Å²) in [4.78, 5) is 16.5. The Bertz CT molecular complexity index is 1050. The van der Waals surface area contributed by atoms with E-state index in [1.165, 1.54) is 0 Å². The molecule has 2 aromatic carbocycles. The van der Waals surface area contributed by atoms with Crippen molar-refractivity contribution < 1.29 is 32.0 Å². The van der Waals surface area contributed by atoms with Gasteiger partial charge in [0, 0.05) is 11.1 Å². The summed E-state index contributed by atoms with van der Waals surface area (Å²) in [6, 6.07) is 8.45. The van der Waals surface area contributed by atoms with Crippen molar-refractivity contribution in [3.05, 3.63) is 59.5 Å². The maximum Gasteiger partial charge on any atom is 0.416 e. The molecule has 2 heterocycles. The van der Waals surface area contributed by atoms with E-state index in [4.69, 9.17) is 14.0 Å². The van der Waals surface area contributed by atoms with Gasteiger partial charge < -0.3 is 19.3 Å². The third-order valence-corrected chi connectivity index (χ3v) is 4.26. The maximum atomic E-state index is 12.6. The molecule has 7 nitrogen and oxygen atoms in total. The van der Waals surface area contributed by atoms with Crippen LogP contribution in [0.1, 0.15) is 34.8 Å². The number of nitrogens with one attached hydrogen (secondary N) is 1. The van der Waals surface area contributed by atoms with Gasteiger partial charge in [0.2, 0.25) is 18.5 Å². The molecule has 0 saturated heterocycles. The first-order valence-electron chi connectivity index (χ1n) is 8.53. The summed E-state index contributed by atoms with van der Waals surface area (Å²) in [7, 11) is 0. The van der Waals surface area contributed by atoms with Crippen LogP contribution < -0.4 is 14.8 Å². The van der Waals surface area contributed by atoms with Crippen LogP contribution in [0, 0.1) is 0 Å². The third-order valence-electron chi connectivity index (χ3n) is 4.26. The second kappa shape index (κ2) is 7.12. The van der Waals surface area contributed by atoms with Gasteiger partial charge in [0.05, 0.1) is 5.56 Å². The van der Waals surface area contributed by atoms with Crippen LogP contribution in [0.25, 0.3) is 11.4 Å². The van der Waals surface area contributed by atoms with Crippen molar-refractivity contribution in [1.82, 2.24) is 15.5 Å². The highest BCUT2D eigenvalue weighted by Crippen LogP contribution is 2.35. The average Bonchev–Trinajstić information content (AvgIpc) is 3.36. The first-order valence-corrected chi connectivity index (χ1v) is 8.53. The predicted octanol–water partition coefficient (Wildman–Crippen LogP) is 3.98. The molecule has 1 amide bonds. The minimum absolute atomic E-state index is 0.0837. The first-order chi connectivity index (χ1) is 13.8. The largest absolute Gasteiger partial charge is 0.454 e. The van der Waals surface area contributed by atoms with Gasteiger partial charge in [-0.2, -0.15) is 18.2 Å². The highest BCUT2D eigenvalue weighted by molar-refractivity contribution is 5.94. The van der Waals surface area contributed by atoms with Crippen molar-refractivity contribution in [2.75, 3.05) is 6.79 Å². The van der Waals surface area contributed by atoms with Crippen molar-refractivity contribution in [3.8, 4) is 22.9 Å². The number of alkyl halides is 3. The Balaban J connectivity index is 1.45. The summed E-state index contributed by atoms with van der Waals surface area (Å²) in [5.41, 5.74) is -0.0988. The molecule has 0 bridgehead atoms. The lowest BCUT2D eigenvalue weighted by atomic mass is 10.1. The molecule has 10 heteroatoms. The summed E-state index contributed by atoms with van der Waals surface area (Å²) in [6.45, 7) is 1.77. The lowest BCUT2D eigenvalue weighted by Gasteiger charge is -2.11. The number of fused-ring (bicyclic) bond motifs is 1. The molecule has 0 spiro atoms. The van der Waals surface area contributed by atoms with Crippen LogP contribution in [0.15, 0.2) is 47.0 Å². The number of aromatic nitrogens is 2. The van der Waals surface area contributed by atoms with Gasteiger partial charge in [0.25, 0.3) is 5.91 Å². The first kappa shape index (κ1) is 18.8. The maximum absolute atomic E-state index is 12.6. The second-order valence-corrected chi connectivity index (χ2v) is 6.29. The average molecular weight is 405 g/mol. The Kier molecular flexibility index (Phi) is 4.61. The molecule has 0 aliphatic carbocycles. The molecule has 1 aromatic heterocycles. The van der Waals surface area contributed by atoms with Gasteiger partial charge in [0.15, 0.2) is 11.5 Å². The van der Waals surface area contributed by atoms with E-state index in [-0.39, 0.29) is 18.2 Å². The minimum Gasteiger partial charge on any atom is -0.454 e. The smallest absolute Gasteiger partial charge is 0.416 e. The van der Waals surface area contributed by atoms with E-state index in [0.29, 0.717) is 22.9 Å². The normalized spacial score (nSPS) is 13.9. The molecule has 1 aliphatic heterocycles. The van der Waals surface area contributed by atoms with Crippen LogP contribution in [0.3, 0.4) is 0 Å². The number of nitrogens with zero attached hydrogens (tertiary/aromatic N) is 2. The Morgan fingerprint density at radius 3 is 2.55 bits per heavy atom. The number of carbonyl (C=O) groups is 1.